The minimum Gasteiger partial charge on any atom is -0.353 e. The van der Waals surface area contributed by atoms with Gasteiger partial charge in [0.1, 0.15) is 0 Å². The summed E-state index contributed by atoms with van der Waals surface area (Å²) in [6.45, 7) is 2.20. The van der Waals surface area contributed by atoms with E-state index < -0.39 is 0 Å². The topological polar surface area (TPSA) is 29.1 Å². The first-order chi connectivity index (χ1) is 9.72. The van der Waals surface area contributed by atoms with E-state index >= 15 is 0 Å². The van der Waals surface area contributed by atoms with Gasteiger partial charge in [0.25, 0.3) is 0 Å². The van der Waals surface area contributed by atoms with E-state index in [4.69, 9.17) is 0 Å². The Labute approximate surface area is 122 Å². The molecular formula is C18H25NO. The fourth-order valence-electron chi connectivity index (χ4n) is 4.24. The number of carbonyl (C=O) groups is 1. The van der Waals surface area contributed by atoms with Gasteiger partial charge in [-0.15, -0.1) is 0 Å². The van der Waals surface area contributed by atoms with Gasteiger partial charge in [0.05, 0.1) is 0 Å². The van der Waals surface area contributed by atoms with Crippen molar-refractivity contribution in [1.82, 2.24) is 5.32 Å². The van der Waals surface area contributed by atoms with Gasteiger partial charge in [-0.05, 0) is 55.9 Å². The minimum atomic E-state index is 0.212. The molecule has 2 fully saturated rings. The van der Waals surface area contributed by atoms with Crippen LogP contribution in [0.3, 0.4) is 0 Å². The average Bonchev–Trinajstić information content (AvgIpc) is 3.09. The fraction of sp³-hybridized carbons (Fsp3) is 0.611. The second-order valence-corrected chi connectivity index (χ2v) is 6.68. The van der Waals surface area contributed by atoms with Gasteiger partial charge in [-0.2, -0.15) is 0 Å². The lowest BCUT2D eigenvalue weighted by Gasteiger charge is -2.28. The Balaban J connectivity index is 1.44. The van der Waals surface area contributed by atoms with Gasteiger partial charge in [0, 0.05) is 12.5 Å². The molecule has 2 aliphatic rings. The van der Waals surface area contributed by atoms with Crippen molar-refractivity contribution >= 4 is 5.91 Å². The minimum absolute atomic E-state index is 0.212. The molecule has 0 spiro atoms. The SMILES string of the molecule is C[C@@H](NC(=O)CCc1ccccc1)[C@H]1C[C@H]2CC[C@H]1C2. The van der Waals surface area contributed by atoms with E-state index in [0.717, 1.165) is 24.2 Å². The van der Waals surface area contributed by atoms with Crippen molar-refractivity contribution in [3.05, 3.63) is 35.9 Å². The highest BCUT2D eigenvalue weighted by Gasteiger charge is 2.41. The zero-order valence-electron chi connectivity index (χ0n) is 12.3. The van der Waals surface area contributed by atoms with Crippen LogP contribution in [0.4, 0.5) is 0 Å². The van der Waals surface area contributed by atoms with Crippen LogP contribution in [0.25, 0.3) is 0 Å². The molecule has 2 heteroatoms. The van der Waals surface area contributed by atoms with Crippen LogP contribution in [0.2, 0.25) is 0 Å². The maximum absolute atomic E-state index is 12.1. The molecule has 2 nitrogen and oxygen atoms in total. The number of aryl methyl sites for hydroxylation is 1. The summed E-state index contributed by atoms with van der Waals surface area (Å²) >= 11 is 0. The van der Waals surface area contributed by atoms with E-state index in [1.165, 1.54) is 31.2 Å². The monoisotopic (exact) mass is 271 g/mol. The van der Waals surface area contributed by atoms with E-state index in [9.17, 15) is 4.79 Å². The van der Waals surface area contributed by atoms with Crippen LogP contribution in [-0.4, -0.2) is 11.9 Å². The predicted molar refractivity (Wildman–Crippen MR) is 81.3 cm³/mol. The number of rotatable bonds is 5. The number of benzene rings is 1. The third-order valence-corrected chi connectivity index (χ3v) is 5.31. The lowest BCUT2D eigenvalue weighted by Crippen LogP contribution is -2.40. The van der Waals surface area contributed by atoms with E-state index in [0.29, 0.717) is 12.5 Å². The molecule has 0 unspecified atom stereocenters. The number of amides is 1. The fourth-order valence-corrected chi connectivity index (χ4v) is 4.24. The number of hydrogen-bond donors (Lipinski definition) is 1. The Hall–Kier alpha value is -1.31. The molecule has 0 radical (unpaired) electrons. The third kappa shape index (κ3) is 3.05. The summed E-state index contributed by atoms with van der Waals surface area (Å²) in [5.41, 5.74) is 1.25. The summed E-state index contributed by atoms with van der Waals surface area (Å²) in [4.78, 5) is 12.1. The van der Waals surface area contributed by atoms with Crippen LogP contribution in [0.15, 0.2) is 30.3 Å². The zero-order chi connectivity index (χ0) is 13.9. The highest BCUT2D eigenvalue weighted by Crippen LogP contribution is 2.49. The van der Waals surface area contributed by atoms with Crippen LogP contribution >= 0.6 is 0 Å². The van der Waals surface area contributed by atoms with Crippen LogP contribution < -0.4 is 5.32 Å². The Morgan fingerprint density at radius 2 is 2.05 bits per heavy atom. The van der Waals surface area contributed by atoms with Crippen LogP contribution in [-0.2, 0) is 11.2 Å². The molecule has 20 heavy (non-hydrogen) atoms. The summed E-state index contributed by atoms with van der Waals surface area (Å²) in [6, 6.07) is 10.6. The molecule has 1 aromatic carbocycles. The van der Waals surface area contributed by atoms with Gasteiger partial charge < -0.3 is 5.32 Å². The van der Waals surface area contributed by atoms with Crippen molar-refractivity contribution < 1.29 is 4.79 Å². The van der Waals surface area contributed by atoms with E-state index in [2.05, 4.69) is 24.4 Å². The summed E-state index contributed by atoms with van der Waals surface area (Å²) < 4.78 is 0. The first-order valence-electron chi connectivity index (χ1n) is 8.05. The van der Waals surface area contributed by atoms with Crippen LogP contribution in [0.5, 0.6) is 0 Å². The van der Waals surface area contributed by atoms with Gasteiger partial charge in [-0.3, -0.25) is 4.79 Å². The molecular weight excluding hydrogens is 246 g/mol. The van der Waals surface area contributed by atoms with Crippen molar-refractivity contribution in [2.45, 2.75) is 51.5 Å². The summed E-state index contributed by atoms with van der Waals surface area (Å²) in [5.74, 6) is 2.77. The van der Waals surface area contributed by atoms with E-state index in [-0.39, 0.29) is 5.91 Å². The Bertz CT molecular complexity index is 456. The normalized spacial score (nSPS) is 29.4. The molecule has 0 aliphatic heterocycles. The van der Waals surface area contributed by atoms with Gasteiger partial charge >= 0.3 is 0 Å². The van der Waals surface area contributed by atoms with Crippen molar-refractivity contribution in [1.29, 1.82) is 0 Å². The molecule has 4 atom stereocenters. The van der Waals surface area contributed by atoms with E-state index in [1.54, 1.807) is 0 Å². The number of fused-ring (bicyclic) bond motifs is 2. The van der Waals surface area contributed by atoms with Crippen molar-refractivity contribution in [2.75, 3.05) is 0 Å². The molecule has 2 aliphatic carbocycles. The largest absolute Gasteiger partial charge is 0.353 e. The molecule has 0 heterocycles. The molecule has 3 rings (SSSR count). The Morgan fingerprint density at radius 1 is 1.25 bits per heavy atom. The summed E-state index contributed by atoms with van der Waals surface area (Å²) in [7, 11) is 0. The Kier molecular flexibility index (Phi) is 4.09. The van der Waals surface area contributed by atoms with Crippen molar-refractivity contribution in [3.8, 4) is 0 Å². The number of nitrogens with one attached hydrogen (secondary N) is 1. The van der Waals surface area contributed by atoms with Crippen molar-refractivity contribution in [2.24, 2.45) is 17.8 Å². The quantitative estimate of drug-likeness (QED) is 0.871. The lowest BCUT2D eigenvalue weighted by molar-refractivity contribution is -0.122. The number of hydrogen-bond acceptors (Lipinski definition) is 1. The molecule has 1 N–H and O–H groups in total. The standard InChI is InChI=1S/C18H25NO/c1-13(17-12-15-7-9-16(17)11-15)19-18(20)10-8-14-5-3-2-4-6-14/h2-6,13,15-17H,7-12H2,1H3,(H,19,20)/t13-,15+,16+,17-/m1/s1. The molecule has 2 bridgehead atoms. The summed E-state index contributed by atoms with van der Waals surface area (Å²) in [6.07, 6.45) is 7.01. The molecule has 2 saturated carbocycles. The maximum atomic E-state index is 12.1. The molecule has 0 aromatic heterocycles. The zero-order valence-corrected chi connectivity index (χ0v) is 12.3. The smallest absolute Gasteiger partial charge is 0.220 e. The third-order valence-electron chi connectivity index (χ3n) is 5.31. The van der Waals surface area contributed by atoms with Crippen molar-refractivity contribution in [3.63, 3.8) is 0 Å². The Morgan fingerprint density at radius 3 is 2.70 bits per heavy atom. The van der Waals surface area contributed by atoms with Crippen LogP contribution in [0.1, 0.15) is 44.6 Å². The average molecular weight is 271 g/mol. The molecule has 1 amide bonds. The lowest BCUT2D eigenvalue weighted by atomic mass is 9.84. The second-order valence-electron chi connectivity index (χ2n) is 6.68. The second kappa shape index (κ2) is 5.99. The maximum Gasteiger partial charge on any atom is 0.220 e. The van der Waals surface area contributed by atoms with Gasteiger partial charge in [-0.25, -0.2) is 0 Å². The molecule has 108 valence electrons. The first-order valence-corrected chi connectivity index (χ1v) is 8.05. The highest BCUT2D eigenvalue weighted by molar-refractivity contribution is 5.76. The molecule has 1 aromatic rings. The number of carbonyl (C=O) groups excluding carboxylic acids is 1. The first kappa shape index (κ1) is 13.7. The summed E-state index contributed by atoms with van der Waals surface area (Å²) in [5, 5.41) is 3.24. The predicted octanol–water partition coefficient (Wildman–Crippen LogP) is 3.56. The molecule has 0 saturated heterocycles. The van der Waals surface area contributed by atoms with Gasteiger partial charge in [-0.1, -0.05) is 36.8 Å². The van der Waals surface area contributed by atoms with E-state index in [1.807, 2.05) is 18.2 Å². The van der Waals surface area contributed by atoms with Gasteiger partial charge in [0.2, 0.25) is 5.91 Å². The highest BCUT2D eigenvalue weighted by atomic mass is 16.1. The van der Waals surface area contributed by atoms with Crippen LogP contribution in [0, 0.1) is 17.8 Å². The van der Waals surface area contributed by atoms with Gasteiger partial charge in [0.15, 0.2) is 0 Å².